The number of aromatic carboxylic acids is 1. The third-order valence-corrected chi connectivity index (χ3v) is 5.36. The number of nitrogens with zero attached hydrogens (tertiary/aromatic N) is 2. The zero-order chi connectivity index (χ0) is 17.4. The van der Waals surface area contributed by atoms with Crippen molar-refractivity contribution >= 4 is 34.6 Å². The molecule has 23 heavy (non-hydrogen) atoms. The van der Waals surface area contributed by atoms with Crippen LogP contribution in [-0.2, 0) is 5.41 Å². The zero-order valence-corrected chi connectivity index (χ0v) is 15.3. The molecule has 0 spiro atoms. The second-order valence-electron chi connectivity index (χ2n) is 6.25. The minimum absolute atomic E-state index is 0.203. The van der Waals surface area contributed by atoms with Crippen molar-refractivity contribution in [3.05, 3.63) is 31.7 Å². The second-order valence-corrected chi connectivity index (χ2v) is 8.13. The number of hydrogen-bond donors (Lipinski definition) is 2. The number of nitrogens with one attached hydrogen (secondary N) is 1. The summed E-state index contributed by atoms with van der Waals surface area (Å²) in [7, 11) is 0. The Morgan fingerprint density at radius 3 is 2.48 bits per heavy atom. The van der Waals surface area contributed by atoms with Crippen molar-refractivity contribution in [1.29, 1.82) is 0 Å². The molecular weight excluding hydrogens is 334 g/mol. The Bertz CT molecular complexity index is 743. The Morgan fingerprint density at radius 2 is 1.96 bits per heavy atom. The molecular formula is C15H19N3O3S2. The average Bonchev–Trinajstić information content (AvgIpc) is 3.03. The van der Waals surface area contributed by atoms with Crippen LogP contribution in [0.15, 0.2) is 5.51 Å². The van der Waals surface area contributed by atoms with Crippen LogP contribution in [0.4, 0.5) is 0 Å². The Labute approximate surface area is 142 Å². The summed E-state index contributed by atoms with van der Waals surface area (Å²) in [6.07, 6.45) is 0. The van der Waals surface area contributed by atoms with Crippen molar-refractivity contribution in [3.8, 4) is 0 Å². The van der Waals surface area contributed by atoms with E-state index in [1.165, 1.54) is 11.3 Å². The molecule has 1 amide bonds. The van der Waals surface area contributed by atoms with Crippen molar-refractivity contribution in [2.45, 2.75) is 46.1 Å². The molecule has 0 fully saturated rings. The molecule has 6 nitrogen and oxygen atoms in total. The first-order valence-corrected chi connectivity index (χ1v) is 8.76. The van der Waals surface area contributed by atoms with Crippen molar-refractivity contribution < 1.29 is 14.7 Å². The average molecular weight is 353 g/mol. The lowest BCUT2D eigenvalue weighted by molar-refractivity contribution is 0.0701. The quantitative estimate of drug-likeness (QED) is 0.879. The number of hydrogen-bond acceptors (Lipinski definition) is 6. The molecule has 2 N–H and O–H groups in total. The van der Waals surface area contributed by atoms with E-state index in [1.807, 2.05) is 20.8 Å². The highest BCUT2D eigenvalue weighted by Gasteiger charge is 2.26. The summed E-state index contributed by atoms with van der Waals surface area (Å²) in [5.41, 5.74) is 2.67. The summed E-state index contributed by atoms with van der Waals surface area (Å²) < 4.78 is 0. The van der Waals surface area contributed by atoms with E-state index in [1.54, 1.807) is 19.4 Å². The number of carbonyl (C=O) groups is 2. The largest absolute Gasteiger partial charge is 0.477 e. The molecule has 1 unspecified atom stereocenters. The van der Waals surface area contributed by atoms with E-state index >= 15 is 0 Å². The van der Waals surface area contributed by atoms with Crippen molar-refractivity contribution in [2.24, 2.45) is 0 Å². The lowest BCUT2D eigenvalue weighted by atomic mass is 9.91. The van der Waals surface area contributed by atoms with E-state index in [0.717, 1.165) is 17.0 Å². The number of carboxylic acid groups (broad SMARTS) is 1. The standard InChI is InChI=1S/C15H19N3O3S2/c1-7-9(14(20)21)23-13(18-7)8(2)17-12(19)10-11(15(3,4)5)16-6-22-10/h6,8H,1-5H3,(H,17,19)(H,20,21). The summed E-state index contributed by atoms with van der Waals surface area (Å²) in [5.74, 6) is -1.21. The lowest BCUT2D eigenvalue weighted by Gasteiger charge is -2.18. The molecule has 1 atom stereocenters. The molecule has 0 aliphatic carbocycles. The maximum absolute atomic E-state index is 12.5. The van der Waals surface area contributed by atoms with Crippen molar-refractivity contribution in [1.82, 2.24) is 15.3 Å². The maximum atomic E-state index is 12.5. The summed E-state index contributed by atoms with van der Waals surface area (Å²) in [5, 5.41) is 12.6. The Hall–Kier alpha value is -1.80. The van der Waals surface area contributed by atoms with Gasteiger partial charge in [0, 0.05) is 5.41 Å². The highest BCUT2D eigenvalue weighted by Crippen LogP contribution is 2.28. The van der Waals surface area contributed by atoms with Crippen LogP contribution in [0.25, 0.3) is 0 Å². The molecule has 2 heterocycles. The van der Waals surface area contributed by atoms with Gasteiger partial charge in [-0.2, -0.15) is 0 Å². The van der Waals surface area contributed by atoms with Gasteiger partial charge >= 0.3 is 5.97 Å². The molecule has 0 aliphatic heterocycles. The molecule has 2 aromatic heterocycles. The number of aryl methyl sites for hydroxylation is 1. The normalized spacial score (nSPS) is 12.9. The van der Waals surface area contributed by atoms with E-state index in [9.17, 15) is 9.59 Å². The van der Waals surface area contributed by atoms with Crippen LogP contribution in [0.1, 0.15) is 69.5 Å². The van der Waals surface area contributed by atoms with Gasteiger partial charge < -0.3 is 10.4 Å². The molecule has 2 aromatic rings. The predicted octanol–water partition coefficient (Wildman–Crippen LogP) is 3.39. The lowest BCUT2D eigenvalue weighted by Crippen LogP contribution is -2.28. The number of carbonyl (C=O) groups excluding carboxylic acids is 1. The van der Waals surface area contributed by atoms with Crippen LogP contribution in [0.5, 0.6) is 0 Å². The van der Waals surface area contributed by atoms with Crippen LogP contribution >= 0.6 is 22.7 Å². The van der Waals surface area contributed by atoms with Gasteiger partial charge in [-0.05, 0) is 13.8 Å². The summed E-state index contributed by atoms with van der Waals surface area (Å²) >= 11 is 2.39. The van der Waals surface area contributed by atoms with E-state index in [2.05, 4.69) is 15.3 Å². The van der Waals surface area contributed by atoms with Crippen LogP contribution in [0.3, 0.4) is 0 Å². The second kappa shape index (κ2) is 6.37. The smallest absolute Gasteiger partial charge is 0.347 e. The minimum atomic E-state index is -0.998. The van der Waals surface area contributed by atoms with Crippen LogP contribution in [0, 0.1) is 6.92 Å². The topological polar surface area (TPSA) is 92.2 Å². The van der Waals surface area contributed by atoms with E-state index in [-0.39, 0.29) is 22.2 Å². The van der Waals surface area contributed by atoms with Gasteiger partial charge in [-0.15, -0.1) is 22.7 Å². The monoisotopic (exact) mass is 353 g/mol. The summed E-state index contributed by atoms with van der Waals surface area (Å²) in [4.78, 5) is 32.9. The third kappa shape index (κ3) is 3.76. The number of rotatable bonds is 4. The fourth-order valence-electron chi connectivity index (χ4n) is 2.07. The minimum Gasteiger partial charge on any atom is -0.477 e. The molecule has 0 radical (unpaired) electrons. The van der Waals surface area contributed by atoms with Crippen molar-refractivity contribution in [3.63, 3.8) is 0 Å². The van der Waals surface area contributed by atoms with Crippen LogP contribution in [-0.4, -0.2) is 27.0 Å². The van der Waals surface area contributed by atoms with E-state index in [4.69, 9.17) is 5.11 Å². The number of aromatic nitrogens is 2. The fourth-order valence-corrected chi connectivity index (χ4v) is 3.87. The first kappa shape index (κ1) is 17.6. The summed E-state index contributed by atoms with van der Waals surface area (Å²) in [6.45, 7) is 9.46. The van der Waals surface area contributed by atoms with Crippen molar-refractivity contribution in [2.75, 3.05) is 0 Å². The van der Waals surface area contributed by atoms with Crippen LogP contribution < -0.4 is 5.32 Å². The molecule has 2 rings (SSSR count). The molecule has 8 heteroatoms. The van der Waals surface area contributed by atoms with Gasteiger partial charge in [0.25, 0.3) is 5.91 Å². The molecule has 0 bridgehead atoms. The molecule has 0 saturated heterocycles. The first-order chi connectivity index (χ1) is 10.6. The summed E-state index contributed by atoms with van der Waals surface area (Å²) in [6, 6.07) is -0.366. The van der Waals surface area contributed by atoms with Gasteiger partial charge in [0.1, 0.15) is 14.8 Å². The molecule has 0 aliphatic rings. The highest BCUT2D eigenvalue weighted by molar-refractivity contribution is 7.13. The van der Waals surface area contributed by atoms with Gasteiger partial charge in [0.05, 0.1) is 22.9 Å². The predicted molar refractivity (Wildman–Crippen MR) is 90.5 cm³/mol. The van der Waals surface area contributed by atoms with Gasteiger partial charge in [-0.3, -0.25) is 4.79 Å². The van der Waals surface area contributed by atoms with Crippen LogP contribution in [0.2, 0.25) is 0 Å². The van der Waals surface area contributed by atoms with Gasteiger partial charge in [0.2, 0.25) is 0 Å². The van der Waals surface area contributed by atoms with Gasteiger partial charge in [-0.1, -0.05) is 20.8 Å². The first-order valence-electron chi connectivity index (χ1n) is 7.06. The third-order valence-electron chi connectivity index (χ3n) is 3.21. The van der Waals surface area contributed by atoms with E-state index < -0.39 is 5.97 Å². The van der Waals surface area contributed by atoms with E-state index in [0.29, 0.717) is 15.6 Å². The highest BCUT2D eigenvalue weighted by atomic mass is 32.1. The van der Waals surface area contributed by atoms with Gasteiger partial charge in [-0.25, -0.2) is 14.8 Å². The maximum Gasteiger partial charge on any atom is 0.347 e. The Kier molecular flexibility index (Phi) is 4.86. The SMILES string of the molecule is Cc1nc(C(C)NC(=O)c2scnc2C(C)(C)C)sc1C(=O)O. The fraction of sp³-hybridized carbons (Fsp3) is 0.467. The number of amides is 1. The number of carboxylic acids is 1. The number of thiazole rings is 2. The Morgan fingerprint density at radius 1 is 1.30 bits per heavy atom. The zero-order valence-electron chi connectivity index (χ0n) is 13.6. The molecule has 0 saturated carbocycles. The van der Waals surface area contributed by atoms with Gasteiger partial charge in [0.15, 0.2) is 0 Å². The molecule has 0 aromatic carbocycles. The Balaban J connectivity index is 2.19. The molecule has 124 valence electrons.